The maximum absolute atomic E-state index is 13.0. The van der Waals surface area contributed by atoms with Crippen molar-refractivity contribution >= 4 is 22.9 Å². The van der Waals surface area contributed by atoms with E-state index in [1.54, 1.807) is 21.3 Å². The maximum atomic E-state index is 13.0. The van der Waals surface area contributed by atoms with Crippen LogP contribution in [0.3, 0.4) is 0 Å². The number of fused-ring (bicyclic) bond motifs is 1. The van der Waals surface area contributed by atoms with E-state index in [0.29, 0.717) is 47.6 Å². The van der Waals surface area contributed by atoms with Crippen molar-refractivity contribution in [1.82, 2.24) is 19.1 Å². The van der Waals surface area contributed by atoms with Crippen molar-refractivity contribution in [3.8, 4) is 11.5 Å². The number of unbranched alkanes of at least 4 members (excludes halogenated alkanes) is 1. The van der Waals surface area contributed by atoms with Crippen LogP contribution in [0.1, 0.15) is 19.8 Å². The standard InChI is InChI=1S/C21H28N4O5S/c1-5-6-9-25-19-18(20(26)24(13-22-19)14-30-11-10-27-2)23-21(25)31-17-12-15(28-3)7-8-16(17)29-4/h7-8,12-13H,5-6,9-11,14H2,1-4H3. The molecule has 3 aromatic rings. The van der Waals surface area contributed by atoms with Crippen molar-refractivity contribution in [2.45, 2.75) is 43.1 Å². The lowest BCUT2D eigenvalue weighted by molar-refractivity contribution is 0.0324. The van der Waals surface area contributed by atoms with Crippen LogP contribution in [-0.4, -0.2) is 53.6 Å². The minimum Gasteiger partial charge on any atom is -0.497 e. The fourth-order valence-corrected chi connectivity index (χ4v) is 4.02. The highest BCUT2D eigenvalue weighted by Gasteiger charge is 2.19. The van der Waals surface area contributed by atoms with Crippen molar-refractivity contribution in [1.29, 1.82) is 0 Å². The number of aromatic nitrogens is 4. The van der Waals surface area contributed by atoms with Gasteiger partial charge in [-0.1, -0.05) is 13.3 Å². The summed E-state index contributed by atoms with van der Waals surface area (Å²) in [5.41, 5.74) is 0.645. The zero-order valence-electron chi connectivity index (χ0n) is 18.3. The molecule has 0 radical (unpaired) electrons. The first-order chi connectivity index (χ1) is 15.1. The molecule has 3 rings (SSSR count). The Morgan fingerprint density at radius 1 is 1.13 bits per heavy atom. The van der Waals surface area contributed by atoms with Gasteiger partial charge >= 0.3 is 0 Å². The molecule has 10 heteroatoms. The lowest BCUT2D eigenvalue weighted by Gasteiger charge is -2.11. The highest BCUT2D eigenvalue weighted by Crippen LogP contribution is 2.37. The summed E-state index contributed by atoms with van der Waals surface area (Å²) in [5, 5.41) is 0.678. The molecule has 2 heterocycles. The number of aryl methyl sites for hydroxylation is 1. The predicted molar refractivity (Wildman–Crippen MR) is 118 cm³/mol. The van der Waals surface area contributed by atoms with Crippen LogP contribution in [-0.2, 0) is 22.7 Å². The summed E-state index contributed by atoms with van der Waals surface area (Å²) in [6.45, 7) is 3.78. The number of ether oxygens (including phenoxy) is 4. The Balaban J connectivity index is 2.00. The first-order valence-electron chi connectivity index (χ1n) is 10.0. The fourth-order valence-electron chi connectivity index (χ4n) is 2.97. The molecule has 0 aliphatic heterocycles. The fraction of sp³-hybridized carbons (Fsp3) is 0.476. The Kier molecular flexibility index (Phi) is 8.33. The molecule has 168 valence electrons. The van der Waals surface area contributed by atoms with Gasteiger partial charge in [0.1, 0.15) is 24.6 Å². The van der Waals surface area contributed by atoms with Crippen LogP contribution in [0.15, 0.2) is 39.4 Å². The molecule has 0 fully saturated rings. The van der Waals surface area contributed by atoms with E-state index in [1.165, 1.54) is 22.7 Å². The largest absolute Gasteiger partial charge is 0.497 e. The number of hydrogen-bond acceptors (Lipinski definition) is 8. The van der Waals surface area contributed by atoms with Crippen LogP contribution in [0, 0.1) is 0 Å². The molecule has 0 unspecified atom stereocenters. The van der Waals surface area contributed by atoms with Crippen molar-refractivity contribution in [3.63, 3.8) is 0 Å². The van der Waals surface area contributed by atoms with Crippen LogP contribution in [0.5, 0.6) is 11.5 Å². The van der Waals surface area contributed by atoms with E-state index in [1.807, 2.05) is 22.8 Å². The van der Waals surface area contributed by atoms with Crippen molar-refractivity contribution in [2.24, 2.45) is 0 Å². The van der Waals surface area contributed by atoms with Gasteiger partial charge in [-0.05, 0) is 36.4 Å². The summed E-state index contributed by atoms with van der Waals surface area (Å²) in [7, 11) is 4.84. The third kappa shape index (κ3) is 5.38. The lowest BCUT2D eigenvalue weighted by atomic mass is 10.3. The Morgan fingerprint density at radius 3 is 2.68 bits per heavy atom. The highest BCUT2D eigenvalue weighted by atomic mass is 32.2. The van der Waals surface area contributed by atoms with Gasteiger partial charge in [-0.25, -0.2) is 9.97 Å². The molecule has 0 spiro atoms. The molecule has 0 saturated carbocycles. The zero-order chi connectivity index (χ0) is 22.2. The third-order valence-electron chi connectivity index (χ3n) is 4.66. The zero-order valence-corrected chi connectivity index (χ0v) is 19.1. The smallest absolute Gasteiger partial charge is 0.283 e. The Bertz CT molecular complexity index is 1070. The van der Waals surface area contributed by atoms with Crippen LogP contribution >= 0.6 is 11.8 Å². The summed E-state index contributed by atoms with van der Waals surface area (Å²) in [6.07, 6.45) is 3.46. The average Bonchev–Trinajstić information content (AvgIpc) is 3.14. The van der Waals surface area contributed by atoms with Crippen LogP contribution in [0.2, 0.25) is 0 Å². The Labute approximate surface area is 185 Å². The second-order valence-corrected chi connectivity index (χ2v) is 7.75. The van der Waals surface area contributed by atoms with E-state index in [-0.39, 0.29) is 12.3 Å². The van der Waals surface area contributed by atoms with Gasteiger partial charge in [-0.3, -0.25) is 9.36 Å². The monoisotopic (exact) mass is 448 g/mol. The van der Waals surface area contributed by atoms with Gasteiger partial charge in [0.15, 0.2) is 16.3 Å². The summed E-state index contributed by atoms with van der Waals surface area (Å²) < 4.78 is 24.7. The SMILES string of the molecule is CCCCn1c(Sc2cc(OC)ccc2OC)nc2c(=O)n(COCCOC)cnc21. The number of imidazole rings is 1. The molecule has 0 N–H and O–H groups in total. The van der Waals surface area contributed by atoms with Crippen molar-refractivity contribution in [3.05, 3.63) is 34.9 Å². The second-order valence-electron chi connectivity index (χ2n) is 6.74. The van der Waals surface area contributed by atoms with Crippen LogP contribution < -0.4 is 15.0 Å². The van der Waals surface area contributed by atoms with Gasteiger partial charge in [0.2, 0.25) is 0 Å². The number of methoxy groups -OCH3 is 3. The molecule has 1 aromatic carbocycles. The van der Waals surface area contributed by atoms with Crippen LogP contribution in [0.25, 0.3) is 11.2 Å². The van der Waals surface area contributed by atoms with Gasteiger partial charge in [0, 0.05) is 13.7 Å². The molecular weight excluding hydrogens is 420 g/mol. The van der Waals surface area contributed by atoms with Crippen molar-refractivity contribution in [2.75, 3.05) is 34.5 Å². The van der Waals surface area contributed by atoms with Crippen LogP contribution in [0.4, 0.5) is 0 Å². The molecule has 0 bridgehead atoms. The summed E-state index contributed by atoms with van der Waals surface area (Å²) >= 11 is 1.42. The third-order valence-corrected chi connectivity index (χ3v) is 5.69. The summed E-state index contributed by atoms with van der Waals surface area (Å²) in [4.78, 5) is 23.0. The molecule has 0 aliphatic carbocycles. The predicted octanol–water partition coefficient (Wildman–Crippen LogP) is 3.18. The number of hydrogen-bond donors (Lipinski definition) is 0. The van der Waals surface area contributed by atoms with Gasteiger partial charge in [0.25, 0.3) is 5.56 Å². The van der Waals surface area contributed by atoms with Crippen molar-refractivity contribution < 1.29 is 18.9 Å². The Morgan fingerprint density at radius 2 is 1.97 bits per heavy atom. The van der Waals surface area contributed by atoms with E-state index in [0.717, 1.165) is 17.7 Å². The molecule has 0 atom stereocenters. The van der Waals surface area contributed by atoms with E-state index < -0.39 is 0 Å². The van der Waals surface area contributed by atoms with Gasteiger partial charge in [-0.2, -0.15) is 0 Å². The van der Waals surface area contributed by atoms with Gasteiger partial charge in [0.05, 0.1) is 32.3 Å². The van der Waals surface area contributed by atoms with Gasteiger partial charge < -0.3 is 23.5 Å². The van der Waals surface area contributed by atoms with E-state index in [9.17, 15) is 4.79 Å². The first-order valence-corrected chi connectivity index (χ1v) is 10.9. The van der Waals surface area contributed by atoms with E-state index in [2.05, 4.69) is 16.9 Å². The van der Waals surface area contributed by atoms with E-state index in [4.69, 9.17) is 18.9 Å². The average molecular weight is 449 g/mol. The maximum Gasteiger partial charge on any atom is 0.283 e. The summed E-state index contributed by atoms with van der Waals surface area (Å²) in [5.74, 6) is 1.42. The number of benzene rings is 1. The second kappa shape index (κ2) is 11.2. The van der Waals surface area contributed by atoms with Gasteiger partial charge in [-0.15, -0.1) is 0 Å². The molecular formula is C21H28N4O5S. The highest BCUT2D eigenvalue weighted by molar-refractivity contribution is 7.99. The summed E-state index contributed by atoms with van der Waals surface area (Å²) in [6, 6.07) is 5.58. The first kappa shape index (κ1) is 23.1. The quantitative estimate of drug-likeness (QED) is 0.390. The number of nitrogens with zero attached hydrogens (tertiary/aromatic N) is 4. The topological polar surface area (TPSA) is 89.6 Å². The molecule has 9 nitrogen and oxygen atoms in total. The molecule has 0 aliphatic rings. The molecule has 0 saturated heterocycles. The molecule has 31 heavy (non-hydrogen) atoms. The molecule has 0 amide bonds. The minimum atomic E-state index is -0.239. The van der Waals surface area contributed by atoms with E-state index >= 15 is 0 Å². The number of rotatable bonds is 12. The lowest BCUT2D eigenvalue weighted by Crippen LogP contribution is -2.23. The minimum absolute atomic E-state index is 0.0964. The molecule has 2 aromatic heterocycles. The Hall–Kier alpha value is -2.56. The normalized spacial score (nSPS) is 11.2.